The van der Waals surface area contributed by atoms with Crippen molar-refractivity contribution < 1.29 is 50.5 Å². The van der Waals surface area contributed by atoms with Crippen molar-refractivity contribution >= 4 is 22.1 Å². The van der Waals surface area contributed by atoms with Crippen LogP contribution in [0.2, 0.25) is 0 Å². The second-order valence-electron chi connectivity index (χ2n) is 9.15. The minimum absolute atomic E-state index is 0.00523. The van der Waals surface area contributed by atoms with E-state index in [-0.39, 0.29) is 34.2 Å². The highest BCUT2D eigenvalue weighted by atomic mass is 32.2. The molecule has 0 fully saturated rings. The number of esters is 1. The molecule has 1 heterocycles. The number of likely N-dealkylation sites (N-methyl/N-ethyl adjacent to an activating group) is 1. The molecule has 0 saturated carbocycles. The Balaban J connectivity index is 1.60. The SMILES string of the molecule is CCCC(=O)OCON=[N+]([O-])N(C)CCOC(=O)NS(=O)(=O)c1ccc(-n2nc(C(F)(F)F)cc2-c2ccc(C)cc2)cc1. The van der Waals surface area contributed by atoms with Gasteiger partial charge < -0.3 is 19.5 Å². The van der Waals surface area contributed by atoms with Gasteiger partial charge >= 0.3 is 18.2 Å². The van der Waals surface area contributed by atoms with Crippen molar-refractivity contribution in [3.8, 4) is 16.9 Å². The van der Waals surface area contributed by atoms with Gasteiger partial charge in [-0.25, -0.2) is 22.6 Å². The third-order valence-electron chi connectivity index (χ3n) is 5.75. The van der Waals surface area contributed by atoms with Gasteiger partial charge in [0.05, 0.1) is 28.3 Å². The van der Waals surface area contributed by atoms with Crippen molar-refractivity contribution in [3.63, 3.8) is 0 Å². The van der Waals surface area contributed by atoms with Gasteiger partial charge in [0.2, 0.25) is 5.28 Å². The summed E-state index contributed by atoms with van der Waals surface area (Å²) in [6.07, 6.45) is -5.31. The summed E-state index contributed by atoms with van der Waals surface area (Å²) in [4.78, 5) is 27.5. The van der Waals surface area contributed by atoms with E-state index in [0.29, 0.717) is 12.0 Å². The highest BCUT2D eigenvalue weighted by Gasteiger charge is 2.35. The van der Waals surface area contributed by atoms with Crippen LogP contribution in [0.3, 0.4) is 0 Å². The van der Waals surface area contributed by atoms with E-state index in [4.69, 9.17) is 4.74 Å². The molecule has 0 bridgehead atoms. The maximum Gasteiger partial charge on any atom is 0.435 e. The predicted octanol–water partition coefficient (Wildman–Crippen LogP) is 4.32. The summed E-state index contributed by atoms with van der Waals surface area (Å²) in [6.45, 7) is 2.38. The van der Waals surface area contributed by atoms with E-state index in [2.05, 4.69) is 20.0 Å². The van der Waals surface area contributed by atoms with Crippen LogP contribution in [0.4, 0.5) is 18.0 Å². The number of hydrazine groups is 1. The van der Waals surface area contributed by atoms with Crippen molar-refractivity contribution in [3.05, 3.63) is 71.1 Å². The van der Waals surface area contributed by atoms with Crippen LogP contribution in [0.25, 0.3) is 16.9 Å². The number of carbonyl (C=O) groups is 2. The first-order chi connectivity index (χ1) is 20.7. The lowest BCUT2D eigenvalue weighted by Gasteiger charge is -2.13. The molecule has 0 unspecified atom stereocenters. The molecule has 0 spiro atoms. The van der Waals surface area contributed by atoms with Crippen LogP contribution in [-0.2, 0) is 35.3 Å². The molecule has 44 heavy (non-hydrogen) atoms. The molecule has 3 aromatic rings. The maximum atomic E-state index is 13.4. The number of sulfonamides is 1. The quantitative estimate of drug-likeness (QED) is 0.0708. The van der Waals surface area contributed by atoms with Gasteiger partial charge in [0, 0.05) is 12.0 Å². The fourth-order valence-electron chi connectivity index (χ4n) is 3.47. The number of rotatable bonds is 13. The smallest absolute Gasteiger partial charge is 0.435 e. The molecule has 0 radical (unpaired) electrons. The Morgan fingerprint density at radius 3 is 2.39 bits per heavy atom. The van der Waals surface area contributed by atoms with E-state index in [1.54, 1.807) is 35.9 Å². The molecule has 238 valence electrons. The van der Waals surface area contributed by atoms with Gasteiger partial charge in [0.25, 0.3) is 16.8 Å². The summed E-state index contributed by atoms with van der Waals surface area (Å²) in [5.41, 5.74) is 0.496. The zero-order valence-electron chi connectivity index (χ0n) is 23.8. The van der Waals surface area contributed by atoms with Crippen molar-refractivity contribution in [2.24, 2.45) is 5.28 Å². The van der Waals surface area contributed by atoms with Crippen LogP contribution >= 0.6 is 0 Å². The Labute approximate surface area is 250 Å². The largest absolute Gasteiger partial charge is 0.569 e. The lowest BCUT2D eigenvalue weighted by atomic mass is 10.1. The van der Waals surface area contributed by atoms with Gasteiger partial charge in [-0.3, -0.25) is 4.79 Å². The van der Waals surface area contributed by atoms with E-state index in [1.807, 2.05) is 6.92 Å². The number of hydrogen-bond donors (Lipinski definition) is 1. The number of aryl methyl sites for hydroxylation is 1. The Kier molecular flexibility index (Phi) is 11.1. The van der Waals surface area contributed by atoms with E-state index in [0.717, 1.165) is 33.5 Å². The monoisotopic (exact) mass is 642 g/mol. The standard InChI is InChI=1S/C26H29F3N6O8S/c1-4-5-24(36)42-17-43-32-35(38)33(3)14-15-41-25(37)31-44(39,40)21-12-10-20(11-13-21)34-22(16-23(30-34)26(27,28)29)19-8-6-18(2)7-9-19/h6-13,16H,4-5,14-15,17H2,1-3H3,(H,31,37). The molecule has 0 atom stereocenters. The lowest BCUT2D eigenvalue weighted by Crippen LogP contribution is -2.35. The zero-order valence-corrected chi connectivity index (χ0v) is 24.6. The minimum Gasteiger partial charge on any atom is -0.569 e. The fraction of sp³-hybridized carbons (Fsp3) is 0.346. The summed E-state index contributed by atoms with van der Waals surface area (Å²) in [6, 6.07) is 12.3. The number of nitrogens with zero attached hydrogens (tertiary/aromatic N) is 5. The van der Waals surface area contributed by atoms with E-state index in [9.17, 15) is 36.4 Å². The van der Waals surface area contributed by atoms with Crippen molar-refractivity contribution in [2.45, 2.75) is 37.8 Å². The molecule has 2 aromatic carbocycles. The molecule has 0 aliphatic heterocycles. The molecule has 1 amide bonds. The Morgan fingerprint density at radius 1 is 1.11 bits per heavy atom. The Morgan fingerprint density at radius 2 is 1.77 bits per heavy atom. The summed E-state index contributed by atoms with van der Waals surface area (Å²) >= 11 is 0. The fourth-order valence-corrected chi connectivity index (χ4v) is 4.36. The number of hydrogen-bond acceptors (Lipinski definition) is 10. The van der Waals surface area contributed by atoms with Gasteiger partial charge in [-0.1, -0.05) is 36.8 Å². The van der Waals surface area contributed by atoms with Gasteiger partial charge in [-0.05, 0) is 43.7 Å². The van der Waals surface area contributed by atoms with Gasteiger partial charge in [-0.2, -0.15) is 18.3 Å². The van der Waals surface area contributed by atoms with E-state index >= 15 is 0 Å². The van der Waals surface area contributed by atoms with Gasteiger partial charge in [0.15, 0.2) is 5.69 Å². The average molecular weight is 643 g/mol. The summed E-state index contributed by atoms with van der Waals surface area (Å²) in [5.74, 6) is -0.525. The third kappa shape index (κ3) is 9.32. The van der Waals surface area contributed by atoms with Crippen LogP contribution in [0, 0.1) is 12.1 Å². The van der Waals surface area contributed by atoms with Crippen LogP contribution in [0.15, 0.2) is 64.8 Å². The third-order valence-corrected chi connectivity index (χ3v) is 7.08. The number of amides is 1. The summed E-state index contributed by atoms with van der Waals surface area (Å²) in [7, 11) is -3.17. The molecule has 0 saturated heterocycles. The zero-order chi connectivity index (χ0) is 32.5. The number of ether oxygens (including phenoxy) is 2. The van der Waals surface area contributed by atoms with Crippen LogP contribution in [0.5, 0.6) is 0 Å². The summed E-state index contributed by atoms with van der Waals surface area (Å²) in [5, 5.41) is 19.5. The first kappa shape index (κ1) is 33.6. The normalized spacial score (nSPS) is 12.0. The van der Waals surface area contributed by atoms with E-state index < -0.39 is 47.4 Å². The molecule has 0 aliphatic carbocycles. The minimum atomic E-state index is -4.72. The van der Waals surface area contributed by atoms with Crippen molar-refractivity contribution in [2.75, 3.05) is 27.0 Å². The first-order valence-electron chi connectivity index (χ1n) is 12.9. The first-order valence-corrected chi connectivity index (χ1v) is 14.4. The van der Waals surface area contributed by atoms with Crippen LogP contribution in [-0.4, -0.2) is 67.2 Å². The number of alkyl halides is 3. The second kappa shape index (κ2) is 14.5. The molecule has 1 aromatic heterocycles. The maximum absolute atomic E-state index is 13.4. The summed E-state index contributed by atoms with van der Waals surface area (Å²) < 4.78 is 77.9. The number of carbonyl (C=O) groups excluding carboxylic acids is 2. The van der Waals surface area contributed by atoms with Crippen LogP contribution in [0.1, 0.15) is 31.0 Å². The highest BCUT2D eigenvalue weighted by Crippen LogP contribution is 2.33. The average Bonchev–Trinajstić information content (AvgIpc) is 3.42. The highest BCUT2D eigenvalue weighted by molar-refractivity contribution is 7.90. The van der Waals surface area contributed by atoms with E-state index in [1.165, 1.54) is 19.2 Å². The van der Waals surface area contributed by atoms with Crippen molar-refractivity contribution in [1.29, 1.82) is 0 Å². The Hall–Kier alpha value is -4.87. The molecule has 3 rings (SSSR count). The molecule has 18 heteroatoms. The lowest BCUT2D eigenvalue weighted by molar-refractivity contribution is -0.706. The number of aromatic nitrogens is 2. The second-order valence-corrected chi connectivity index (χ2v) is 10.8. The predicted molar refractivity (Wildman–Crippen MR) is 146 cm³/mol. The molecular weight excluding hydrogens is 613 g/mol. The molecule has 1 N–H and O–H groups in total. The van der Waals surface area contributed by atoms with Crippen LogP contribution < -0.4 is 4.72 Å². The van der Waals surface area contributed by atoms with Gasteiger partial charge in [0.1, 0.15) is 13.2 Å². The Bertz CT molecular complexity index is 1580. The molecular formula is C26H29F3N6O8S. The number of halogens is 3. The van der Waals surface area contributed by atoms with Gasteiger partial charge in [-0.15, -0.1) is 5.01 Å². The topological polar surface area (TPSA) is 167 Å². The van der Waals surface area contributed by atoms with Crippen molar-refractivity contribution in [1.82, 2.24) is 19.5 Å². The number of nitrogens with one attached hydrogen (secondary N) is 1. The molecule has 14 nitrogen and oxygen atoms in total. The number of benzene rings is 2. The molecule has 0 aliphatic rings.